The predicted molar refractivity (Wildman–Crippen MR) is 124 cm³/mol. The molecule has 4 rings (SSSR count). The van der Waals surface area contributed by atoms with Crippen molar-refractivity contribution in [2.75, 3.05) is 18.9 Å². The summed E-state index contributed by atoms with van der Waals surface area (Å²) in [4.78, 5) is 0.346. The molecule has 0 spiro atoms. The van der Waals surface area contributed by atoms with Crippen LogP contribution in [0.3, 0.4) is 0 Å². The van der Waals surface area contributed by atoms with Crippen molar-refractivity contribution in [3.05, 3.63) is 78.4 Å². The van der Waals surface area contributed by atoms with Crippen LogP contribution in [0.25, 0.3) is 10.8 Å². The lowest BCUT2D eigenvalue weighted by Gasteiger charge is -2.38. The maximum atomic E-state index is 13.5. The topological polar surface area (TPSA) is 46.6 Å². The Balaban J connectivity index is 1.49. The monoisotopic (exact) mass is 441 g/mol. The van der Waals surface area contributed by atoms with Crippen LogP contribution in [0.5, 0.6) is 0 Å². The Morgan fingerprint density at radius 2 is 1.67 bits per heavy atom. The Bertz CT molecular complexity index is 1090. The number of nitrogens with zero attached hydrogens (tertiary/aromatic N) is 1. The third-order valence-corrected chi connectivity index (χ3v) is 8.09. The molecule has 1 saturated heterocycles. The second kappa shape index (κ2) is 9.52. The van der Waals surface area contributed by atoms with Gasteiger partial charge in [-0.3, -0.25) is 0 Å². The van der Waals surface area contributed by atoms with Gasteiger partial charge in [0.25, 0.3) is 0 Å². The van der Waals surface area contributed by atoms with Gasteiger partial charge in [0.1, 0.15) is 0 Å². The van der Waals surface area contributed by atoms with Gasteiger partial charge in [-0.1, -0.05) is 60.7 Å². The number of benzene rings is 3. The van der Waals surface area contributed by atoms with Crippen molar-refractivity contribution in [3.63, 3.8) is 0 Å². The number of hydrogen-bond donors (Lipinski definition) is 1. The van der Waals surface area contributed by atoms with Gasteiger partial charge in [-0.25, -0.2) is 8.42 Å². The molecule has 0 bridgehead atoms. The van der Waals surface area contributed by atoms with Crippen LogP contribution in [0.15, 0.2) is 77.7 Å². The summed E-state index contributed by atoms with van der Waals surface area (Å²) in [6.07, 6.45) is 1.75. The molecule has 3 aromatic carbocycles. The van der Waals surface area contributed by atoms with Crippen LogP contribution in [0, 0.1) is 5.92 Å². The zero-order valence-electron chi connectivity index (χ0n) is 16.9. The molecule has 2 atom stereocenters. The van der Waals surface area contributed by atoms with E-state index in [1.54, 1.807) is 16.4 Å². The van der Waals surface area contributed by atoms with E-state index in [1.165, 1.54) is 0 Å². The van der Waals surface area contributed by atoms with E-state index in [2.05, 4.69) is 12.6 Å². The highest BCUT2D eigenvalue weighted by Crippen LogP contribution is 2.30. The Labute approximate surface area is 184 Å². The van der Waals surface area contributed by atoms with Gasteiger partial charge in [0.05, 0.1) is 18.1 Å². The fourth-order valence-corrected chi connectivity index (χ4v) is 6.32. The van der Waals surface area contributed by atoms with E-state index in [0.29, 0.717) is 30.4 Å². The average molecular weight is 442 g/mol. The molecule has 3 aromatic rings. The highest BCUT2D eigenvalue weighted by molar-refractivity contribution is 7.89. The molecule has 0 saturated carbocycles. The number of fused-ring (bicyclic) bond motifs is 1. The first-order valence-electron chi connectivity index (χ1n) is 10.3. The lowest BCUT2D eigenvalue weighted by molar-refractivity contribution is 0.0592. The van der Waals surface area contributed by atoms with Crippen LogP contribution in [-0.2, 0) is 21.4 Å². The number of hydrogen-bond acceptors (Lipinski definition) is 4. The van der Waals surface area contributed by atoms with Crippen molar-refractivity contribution in [3.8, 4) is 0 Å². The molecular formula is C24H27NO3S2. The van der Waals surface area contributed by atoms with Crippen LogP contribution < -0.4 is 0 Å². The molecule has 1 aliphatic heterocycles. The number of piperidine rings is 1. The average Bonchev–Trinajstić information content (AvgIpc) is 2.79. The molecular weight excluding hydrogens is 414 g/mol. The zero-order valence-corrected chi connectivity index (χ0v) is 18.6. The number of thiol groups is 1. The van der Waals surface area contributed by atoms with E-state index in [0.717, 1.165) is 29.2 Å². The van der Waals surface area contributed by atoms with Gasteiger partial charge < -0.3 is 4.74 Å². The summed E-state index contributed by atoms with van der Waals surface area (Å²) in [7, 11) is -3.60. The summed E-state index contributed by atoms with van der Waals surface area (Å²) in [6, 6.07) is 23.1. The molecule has 0 aromatic heterocycles. The van der Waals surface area contributed by atoms with E-state index in [-0.39, 0.29) is 12.0 Å². The fourth-order valence-electron chi connectivity index (χ4n) is 4.06. The fraction of sp³-hybridized carbons (Fsp3) is 0.333. The minimum absolute atomic E-state index is 0.0878. The smallest absolute Gasteiger partial charge is 0.243 e. The third-order valence-electron chi connectivity index (χ3n) is 5.76. The van der Waals surface area contributed by atoms with Crippen LogP contribution in [-0.4, -0.2) is 37.7 Å². The SMILES string of the molecule is O=S(=O)(c1ccc2ccccc2c1)N1CC(COCc2ccccc2)CCC1CS. The van der Waals surface area contributed by atoms with E-state index in [9.17, 15) is 8.42 Å². The van der Waals surface area contributed by atoms with Gasteiger partial charge in [-0.05, 0) is 47.2 Å². The maximum Gasteiger partial charge on any atom is 0.243 e. The summed E-state index contributed by atoms with van der Waals surface area (Å²) in [6.45, 7) is 1.57. The Hall–Kier alpha value is -1.86. The quantitative estimate of drug-likeness (QED) is 0.538. The summed E-state index contributed by atoms with van der Waals surface area (Å²) in [5, 5.41) is 1.97. The number of rotatable bonds is 7. The molecule has 4 nitrogen and oxygen atoms in total. The highest BCUT2D eigenvalue weighted by atomic mass is 32.2. The first-order valence-corrected chi connectivity index (χ1v) is 12.4. The first kappa shape index (κ1) is 21.4. The molecule has 30 heavy (non-hydrogen) atoms. The van der Waals surface area contributed by atoms with Crippen molar-refractivity contribution >= 4 is 33.4 Å². The molecule has 0 aliphatic carbocycles. The van der Waals surface area contributed by atoms with Gasteiger partial charge in [0.2, 0.25) is 10.0 Å². The molecule has 0 N–H and O–H groups in total. The van der Waals surface area contributed by atoms with Crippen molar-refractivity contribution in [2.24, 2.45) is 5.92 Å². The minimum atomic E-state index is -3.60. The van der Waals surface area contributed by atoms with Crippen molar-refractivity contribution in [2.45, 2.75) is 30.4 Å². The van der Waals surface area contributed by atoms with Crippen LogP contribution in [0.4, 0.5) is 0 Å². The summed E-state index contributed by atoms with van der Waals surface area (Å²) in [5.74, 6) is 0.699. The summed E-state index contributed by atoms with van der Waals surface area (Å²) < 4.78 is 34.5. The predicted octanol–water partition coefficient (Wildman–Crippen LogP) is 4.76. The van der Waals surface area contributed by atoms with E-state index < -0.39 is 10.0 Å². The molecule has 2 unspecified atom stereocenters. The van der Waals surface area contributed by atoms with Crippen molar-refractivity contribution in [1.82, 2.24) is 4.31 Å². The van der Waals surface area contributed by atoms with E-state index in [1.807, 2.05) is 60.7 Å². The normalized spacial score (nSPS) is 20.4. The second-order valence-electron chi connectivity index (χ2n) is 7.86. The first-order chi connectivity index (χ1) is 14.6. The van der Waals surface area contributed by atoms with Gasteiger partial charge in [0.15, 0.2) is 0 Å². The van der Waals surface area contributed by atoms with Gasteiger partial charge in [-0.15, -0.1) is 0 Å². The van der Waals surface area contributed by atoms with Crippen LogP contribution in [0.2, 0.25) is 0 Å². The number of ether oxygens (including phenoxy) is 1. The lowest BCUT2D eigenvalue weighted by atomic mass is 9.96. The van der Waals surface area contributed by atoms with Gasteiger partial charge >= 0.3 is 0 Å². The van der Waals surface area contributed by atoms with Crippen LogP contribution >= 0.6 is 12.6 Å². The zero-order chi connectivity index (χ0) is 21.0. The summed E-state index contributed by atoms with van der Waals surface area (Å²) >= 11 is 4.44. The largest absolute Gasteiger partial charge is 0.376 e. The summed E-state index contributed by atoms with van der Waals surface area (Å²) in [5.41, 5.74) is 1.13. The van der Waals surface area contributed by atoms with E-state index in [4.69, 9.17) is 4.74 Å². The minimum Gasteiger partial charge on any atom is -0.376 e. The van der Waals surface area contributed by atoms with E-state index >= 15 is 0 Å². The van der Waals surface area contributed by atoms with Gasteiger partial charge in [0, 0.05) is 18.3 Å². The Kier molecular flexibility index (Phi) is 6.78. The molecule has 0 amide bonds. The maximum absolute atomic E-state index is 13.5. The highest BCUT2D eigenvalue weighted by Gasteiger charge is 2.36. The van der Waals surface area contributed by atoms with Crippen molar-refractivity contribution < 1.29 is 13.2 Å². The molecule has 1 aliphatic rings. The molecule has 6 heteroatoms. The molecule has 158 valence electrons. The Morgan fingerprint density at radius 1 is 0.933 bits per heavy atom. The van der Waals surface area contributed by atoms with Gasteiger partial charge in [-0.2, -0.15) is 16.9 Å². The van der Waals surface area contributed by atoms with Crippen LogP contribution in [0.1, 0.15) is 18.4 Å². The van der Waals surface area contributed by atoms with Crippen molar-refractivity contribution in [1.29, 1.82) is 0 Å². The molecule has 0 radical (unpaired) electrons. The Morgan fingerprint density at radius 3 is 2.43 bits per heavy atom. The standard InChI is InChI=1S/C24H27NO3S2/c26-30(27,24-13-11-21-8-4-5-9-22(21)14-24)25-15-20(10-12-23(25)18-29)17-28-16-19-6-2-1-3-7-19/h1-9,11,13-14,20,23,29H,10,12,15-18H2. The lowest BCUT2D eigenvalue weighted by Crippen LogP contribution is -2.48. The second-order valence-corrected chi connectivity index (χ2v) is 10.1. The third kappa shape index (κ3) is 4.72. The molecule has 1 fully saturated rings. The molecule has 1 heterocycles. The number of sulfonamides is 1.